The molecule has 0 atom stereocenters. The number of para-hydroxylation sites is 2. The molecule has 0 radical (unpaired) electrons. The molecule has 5 N–H and O–H groups in total. The lowest BCUT2D eigenvalue weighted by molar-refractivity contribution is 0.102. The molecule has 1 aromatic heterocycles. The van der Waals surface area contributed by atoms with Crippen molar-refractivity contribution in [2.45, 2.75) is 0 Å². The number of benzene rings is 2. The van der Waals surface area contributed by atoms with Gasteiger partial charge in [-0.2, -0.15) is 0 Å². The number of hydrogen-bond acceptors (Lipinski definition) is 6. The Bertz CT molecular complexity index is 978. The average molecular weight is 312 g/mol. The number of phenolic OH excluding ortho intramolecular Hbond substituents is 3. The largest absolute Gasteiger partial charge is 0.508 e. The molecule has 2 aromatic carbocycles. The second-order valence-electron chi connectivity index (χ2n) is 4.84. The Labute approximate surface area is 129 Å². The number of anilines is 1. The third-order valence-electron chi connectivity index (χ3n) is 3.25. The Morgan fingerprint density at radius 1 is 1.04 bits per heavy atom. The van der Waals surface area contributed by atoms with Gasteiger partial charge in [-0.05, 0) is 18.2 Å². The van der Waals surface area contributed by atoms with E-state index < -0.39 is 11.5 Å². The lowest BCUT2D eigenvalue weighted by Crippen LogP contribution is -2.20. The topological polar surface area (TPSA) is 127 Å². The first-order valence-corrected chi connectivity index (χ1v) is 6.59. The molecule has 3 rings (SSSR count). The fourth-order valence-electron chi connectivity index (χ4n) is 2.14. The molecule has 1 heterocycles. The van der Waals surface area contributed by atoms with Gasteiger partial charge in [-0.25, -0.2) is 0 Å². The van der Waals surface area contributed by atoms with Crippen LogP contribution in [0.15, 0.2) is 46.9 Å². The second-order valence-corrected chi connectivity index (χ2v) is 4.84. The van der Waals surface area contributed by atoms with Gasteiger partial charge in [-0.3, -0.25) is 10.2 Å². The third kappa shape index (κ3) is 2.67. The summed E-state index contributed by atoms with van der Waals surface area (Å²) in [6.07, 6.45) is 0. The van der Waals surface area contributed by atoms with Crippen molar-refractivity contribution in [2.75, 3.05) is 5.32 Å². The van der Waals surface area contributed by atoms with Gasteiger partial charge >= 0.3 is 0 Å². The molecule has 0 bridgehead atoms. The zero-order valence-electron chi connectivity index (χ0n) is 11.7. The maximum absolute atomic E-state index is 12.3. The fourth-order valence-corrected chi connectivity index (χ4v) is 2.14. The predicted octanol–water partition coefficient (Wildman–Crippen LogP) is 2.28. The Morgan fingerprint density at radius 2 is 1.78 bits per heavy atom. The SMILES string of the molecule is N=c1oc2cc(O)cc(O)c2cc1C(=O)Nc1ccccc1O. The molecule has 0 spiro atoms. The van der Waals surface area contributed by atoms with E-state index in [0.717, 1.165) is 6.07 Å². The van der Waals surface area contributed by atoms with Crippen LogP contribution in [0.2, 0.25) is 0 Å². The van der Waals surface area contributed by atoms with Gasteiger partial charge in [0.1, 0.15) is 28.4 Å². The molecular formula is C16H12N2O5. The minimum absolute atomic E-state index is 0.0756. The first-order valence-electron chi connectivity index (χ1n) is 6.59. The zero-order chi connectivity index (χ0) is 16.6. The molecular weight excluding hydrogens is 300 g/mol. The molecule has 7 heteroatoms. The van der Waals surface area contributed by atoms with Crippen LogP contribution in [-0.2, 0) is 0 Å². The first kappa shape index (κ1) is 14.5. The molecule has 7 nitrogen and oxygen atoms in total. The summed E-state index contributed by atoms with van der Waals surface area (Å²) in [6, 6.07) is 9.78. The van der Waals surface area contributed by atoms with Crippen molar-refractivity contribution in [2.24, 2.45) is 0 Å². The molecule has 3 aromatic rings. The number of carbonyl (C=O) groups is 1. The minimum atomic E-state index is -0.672. The van der Waals surface area contributed by atoms with Crippen LogP contribution in [0.5, 0.6) is 17.2 Å². The number of carbonyl (C=O) groups excluding carboxylic acids is 1. The van der Waals surface area contributed by atoms with Gasteiger partial charge in [0.2, 0.25) is 5.55 Å². The molecule has 0 saturated carbocycles. The van der Waals surface area contributed by atoms with Gasteiger partial charge in [0.15, 0.2) is 0 Å². The summed E-state index contributed by atoms with van der Waals surface area (Å²) in [5.41, 5.74) is -0.296. The Kier molecular flexibility index (Phi) is 3.38. The molecule has 0 aliphatic rings. The van der Waals surface area contributed by atoms with E-state index in [9.17, 15) is 20.1 Å². The van der Waals surface area contributed by atoms with Crippen LogP contribution in [0.3, 0.4) is 0 Å². The fraction of sp³-hybridized carbons (Fsp3) is 0. The summed E-state index contributed by atoms with van der Waals surface area (Å²) < 4.78 is 5.17. The Morgan fingerprint density at radius 3 is 2.52 bits per heavy atom. The summed E-state index contributed by atoms with van der Waals surface area (Å²) in [4.78, 5) is 12.3. The number of aromatic hydroxyl groups is 3. The van der Waals surface area contributed by atoms with E-state index in [1.54, 1.807) is 12.1 Å². The van der Waals surface area contributed by atoms with Crippen LogP contribution in [0.25, 0.3) is 11.0 Å². The number of phenols is 3. The number of hydrogen-bond donors (Lipinski definition) is 5. The maximum Gasteiger partial charge on any atom is 0.261 e. The smallest absolute Gasteiger partial charge is 0.261 e. The van der Waals surface area contributed by atoms with Gasteiger partial charge < -0.3 is 25.1 Å². The number of rotatable bonds is 2. The second kappa shape index (κ2) is 5.38. The average Bonchev–Trinajstić information content (AvgIpc) is 2.48. The summed E-state index contributed by atoms with van der Waals surface area (Å²) >= 11 is 0. The standard InChI is InChI=1S/C16H12N2O5/c17-15-10(16(22)18-11-3-1-2-4-12(11)20)7-9-13(21)5-8(19)6-14(9)23-15/h1-7,17,19-21H,(H,18,22). The van der Waals surface area contributed by atoms with Crippen molar-refractivity contribution in [1.82, 2.24) is 0 Å². The van der Waals surface area contributed by atoms with E-state index >= 15 is 0 Å². The van der Waals surface area contributed by atoms with Crippen molar-refractivity contribution in [3.05, 3.63) is 53.6 Å². The minimum Gasteiger partial charge on any atom is -0.508 e. The first-order chi connectivity index (χ1) is 11.0. The highest BCUT2D eigenvalue weighted by atomic mass is 16.3. The summed E-state index contributed by atoms with van der Waals surface area (Å²) in [6.45, 7) is 0. The molecule has 0 unspecified atom stereocenters. The van der Waals surface area contributed by atoms with Gasteiger partial charge in [0, 0.05) is 12.1 Å². The van der Waals surface area contributed by atoms with Gasteiger partial charge in [0.25, 0.3) is 5.91 Å². The monoisotopic (exact) mass is 312 g/mol. The summed E-state index contributed by atoms with van der Waals surface area (Å²) in [7, 11) is 0. The van der Waals surface area contributed by atoms with Crippen LogP contribution >= 0.6 is 0 Å². The van der Waals surface area contributed by atoms with Gasteiger partial charge in [0.05, 0.1) is 11.1 Å². The van der Waals surface area contributed by atoms with Crippen molar-refractivity contribution in [3.63, 3.8) is 0 Å². The number of fused-ring (bicyclic) bond motifs is 1. The van der Waals surface area contributed by atoms with Crippen molar-refractivity contribution >= 4 is 22.6 Å². The molecule has 0 saturated heterocycles. The predicted molar refractivity (Wildman–Crippen MR) is 81.5 cm³/mol. The van der Waals surface area contributed by atoms with Gasteiger partial charge in [-0.15, -0.1) is 0 Å². The van der Waals surface area contributed by atoms with Crippen LogP contribution < -0.4 is 10.9 Å². The maximum atomic E-state index is 12.3. The normalized spacial score (nSPS) is 10.6. The molecule has 116 valence electrons. The number of amides is 1. The highest BCUT2D eigenvalue weighted by Crippen LogP contribution is 2.29. The molecule has 1 amide bonds. The lowest BCUT2D eigenvalue weighted by Gasteiger charge is -2.08. The highest BCUT2D eigenvalue weighted by molar-refractivity contribution is 6.06. The lowest BCUT2D eigenvalue weighted by atomic mass is 10.1. The van der Waals surface area contributed by atoms with Crippen molar-refractivity contribution in [3.8, 4) is 17.2 Å². The van der Waals surface area contributed by atoms with Crippen molar-refractivity contribution in [1.29, 1.82) is 5.41 Å². The van der Waals surface area contributed by atoms with E-state index in [-0.39, 0.29) is 39.5 Å². The van der Waals surface area contributed by atoms with Crippen LogP contribution in [0, 0.1) is 5.41 Å². The van der Waals surface area contributed by atoms with Crippen LogP contribution in [0.4, 0.5) is 5.69 Å². The highest BCUT2D eigenvalue weighted by Gasteiger charge is 2.15. The van der Waals surface area contributed by atoms with E-state index in [1.807, 2.05) is 0 Å². The van der Waals surface area contributed by atoms with E-state index in [2.05, 4.69) is 5.32 Å². The summed E-state index contributed by atoms with van der Waals surface area (Å²) in [5.74, 6) is -1.28. The van der Waals surface area contributed by atoms with E-state index in [4.69, 9.17) is 9.83 Å². The molecule has 23 heavy (non-hydrogen) atoms. The summed E-state index contributed by atoms with van der Waals surface area (Å²) in [5, 5.41) is 39.4. The Hall–Kier alpha value is -3.48. The Balaban J connectivity index is 2.06. The molecule has 0 fully saturated rings. The number of nitrogens with one attached hydrogen (secondary N) is 2. The van der Waals surface area contributed by atoms with Crippen LogP contribution in [0.1, 0.15) is 10.4 Å². The van der Waals surface area contributed by atoms with Crippen LogP contribution in [-0.4, -0.2) is 21.2 Å². The molecule has 0 aliphatic carbocycles. The zero-order valence-corrected chi connectivity index (χ0v) is 11.7. The molecule has 0 aliphatic heterocycles. The van der Waals surface area contributed by atoms with E-state index in [0.29, 0.717) is 0 Å². The van der Waals surface area contributed by atoms with Crippen molar-refractivity contribution < 1.29 is 24.5 Å². The van der Waals surface area contributed by atoms with E-state index in [1.165, 1.54) is 24.3 Å². The quantitative estimate of drug-likeness (QED) is 0.464. The third-order valence-corrected chi connectivity index (χ3v) is 3.25. The van der Waals surface area contributed by atoms with Gasteiger partial charge in [-0.1, -0.05) is 12.1 Å².